The topological polar surface area (TPSA) is 49.8 Å². The Morgan fingerprint density at radius 2 is 1.92 bits per heavy atom. The van der Waals surface area contributed by atoms with E-state index in [-0.39, 0.29) is 12.8 Å². The lowest BCUT2D eigenvalue weighted by molar-refractivity contribution is 0.0696. The third kappa shape index (κ3) is 5.93. The molecule has 0 unspecified atom stereocenters. The van der Waals surface area contributed by atoms with Crippen LogP contribution in [0.5, 0.6) is 5.75 Å². The van der Waals surface area contributed by atoms with E-state index in [9.17, 15) is 14.3 Å². The molecule has 3 aromatic carbocycles. The summed E-state index contributed by atoms with van der Waals surface area (Å²) >= 11 is 8.04. The first-order chi connectivity index (χ1) is 18.4. The number of likely N-dealkylation sites (tertiary alicyclic amines) is 1. The van der Waals surface area contributed by atoms with Crippen LogP contribution in [0.15, 0.2) is 65.6 Å². The molecule has 4 nitrogen and oxygen atoms in total. The number of aromatic carboxylic acids is 1. The van der Waals surface area contributed by atoms with Gasteiger partial charge < -0.3 is 9.84 Å². The Bertz CT molecular complexity index is 1360. The van der Waals surface area contributed by atoms with Gasteiger partial charge in [-0.15, -0.1) is 11.8 Å². The molecular weight excluding hydrogens is 521 g/mol. The summed E-state index contributed by atoms with van der Waals surface area (Å²) in [4.78, 5) is 14.9. The molecule has 3 aromatic rings. The van der Waals surface area contributed by atoms with Crippen molar-refractivity contribution in [1.82, 2.24) is 4.90 Å². The number of carbonyl (C=O) groups is 1. The van der Waals surface area contributed by atoms with E-state index < -0.39 is 5.97 Å². The molecule has 0 amide bonds. The molecule has 7 heteroatoms. The molecule has 0 aromatic heterocycles. The number of fused-ring (bicyclic) bond motifs is 1. The second-order valence-corrected chi connectivity index (χ2v) is 11.4. The Balaban J connectivity index is 1.50. The molecule has 2 heterocycles. The fourth-order valence-corrected chi connectivity index (χ4v) is 6.43. The average molecular weight is 552 g/mol. The Kier molecular flexibility index (Phi) is 8.42. The van der Waals surface area contributed by atoms with Crippen LogP contribution in [0.2, 0.25) is 5.02 Å². The van der Waals surface area contributed by atoms with Crippen LogP contribution in [0, 0.1) is 6.92 Å². The monoisotopic (exact) mass is 551 g/mol. The SMILES string of the molecule is Cc1cc(C2=C(c3ccc(O[C@H]4CCN(CCCF)C4)cc3)c3ccc(C(=O)O)cc3SCC2)ccc1Cl. The number of alkyl halides is 1. The summed E-state index contributed by atoms with van der Waals surface area (Å²) in [5, 5.41) is 10.3. The van der Waals surface area contributed by atoms with Gasteiger partial charge in [-0.3, -0.25) is 9.29 Å². The van der Waals surface area contributed by atoms with E-state index in [4.69, 9.17) is 16.3 Å². The maximum absolute atomic E-state index is 12.5. The van der Waals surface area contributed by atoms with Crippen LogP contribution in [-0.4, -0.2) is 54.1 Å². The highest BCUT2D eigenvalue weighted by Crippen LogP contribution is 2.44. The molecule has 0 aliphatic carbocycles. The molecule has 0 radical (unpaired) electrons. The van der Waals surface area contributed by atoms with Crippen molar-refractivity contribution >= 4 is 40.5 Å². The van der Waals surface area contributed by atoms with E-state index in [2.05, 4.69) is 29.2 Å². The van der Waals surface area contributed by atoms with Crippen LogP contribution in [0.4, 0.5) is 4.39 Å². The van der Waals surface area contributed by atoms with Gasteiger partial charge in [0.1, 0.15) is 11.9 Å². The highest BCUT2D eigenvalue weighted by atomic mass is 35.5. The van der Waals surface area contributed by atoms with Crippen LogP contribution in [-0.2, 0) is 0 Å². The van der Waals surface area contributed by atoms with Crippen LogP contribution < -0.4 is 4.74 Å². The van der Waals surface area contributed by atoms with Crippen molar-refractivity contribution in [2.45, 2.75) is 37.2 Å². The number of allylic oxidation sites excluding steroid dienone is 1. The predicted molar refractivity (Wildman–Crippen MR) is 153 cm³/mol. The third-order valence-corrected chi connectivity index (χ3v) is 8.68. The lowest BCUT2D eigenvalue weighted by Gasteiger charge is -2.19. The van der Waals surface area contributed by atoms with Gasteiger partial charge in [0.2, 0.25) is 0 Å². The number of aryl methyl sites for hydroxylation is 1. The maximum atomic E-state index is 12.5. The normalized spacial score (nSPS) is 17.8. The number of hydrogen-bond acceptors (Lipinski definition) is 4. The van der Waals surface area contributed by atoms with Gasteiger partial charge in [-0.1, -0.05) is 41.9 Å². The van der Waals surface area contributed by atoms with Crippen molar-refractivity contribution in [3.63, 3.8) is 0 Å². The summed E-state index contributed by atoms with van der Waals surface area (Å²) in [5.74, 6) is 0.742. The lowest BCUT2D eigenvalue weighted by Crippen LogP contribution is -2.26. The molecule has 1 saturated heterocycles. The fraction of sp³-hybridized carbons (Fsp3) is 0.323. The molecule has 5 rings (SSSR count). The third-order valence-electron chi connectivity index (χ3n) is 7.20. The summed E-state index contributed by atoms with van der Waals surface area (Å²) in [6.45, 7) is 4.27. The number of benzene rings is 3. The van der Waals surface area contributed by atoms with Crippen LogP contribution in [0.3, 0.4) is 0 Å². The zero-order chi connectivity index (χ0) is 26.6. The lowest BCUT2D eigenvalue weighted by atomic mass is 9.87. The van der Waals surface area contributed by atoms with E-state index in [0.717, 1.165) is 81.7 Å². The molecule has 0 bridgehead atoms. The number of hydrogen-bond donors (Lipinski definition) is 1. The number of nitrogens with zero attached hydrogens (tertiary/aromatic N) is 1. The highest BCUT2D eigenvalue weighted by Gasteiger charge is 2.25. The number of thioether (sulfide) groups is 1. The number of carboxylic acid groups (broad SMARTS) is 1. The molecule has 2 aliphatic rings. The van der Waals surface area contributed by atoms with E-state index in [1.165, 1.54) is 5.57 Å². The van der Waals surface area contributed by atoms with Crippen molar-refractivity contribution in [2.75, 3.05) is 32.1 Å². The number of ether oxygens (including phenoxy) is 1. The second kappa shape index (κ2) is 11.9. The van der Waals surface area contributed by atoms with Crippen LogP contribution >= 0.6 is 23.4 Å². The summed E-state index contributed by atoms with van der Waals surface area (Å²) in [6.07, 6.45) is 2.46. The van der Waals surface area contributed by atoms with E-state index in [1.54, 1.807) is 23.9 Å². The Morgan fingerprint density at radius 1 is 1.13 bits per heavy atom. The quantitative estimate of drug-likeness (QED) is 0.312. The summed E-state index contributed by atoms with van der Waals surface area (Å²) < 4.78 is 18.8. The molecular formula is C31H31ClFNO3S. The van der Waals surface area contributed by atoms with Crippen molar-refractivity contribution in [1.29, 1.82) is 0 Å². The largest absolute Gasteiger partial charge is 0.489 e. The minimum atomic E-state index is -0.923. The standard InChI is InChI=1S/C31H31ClFNO3S/c1-20-17-22(6-10-28(20)32)26-12-16-38-29-18-23(31(35)36)5-9-27(29)30(26)21-3-7-24(8-4-21)37-25-11-15-34(19-25)14-2-13-33/h3-10,17-18,25H,2,11-16,19H2,1H3,(H,35,36)/t25-/m0/s1. The number of rotatable bonds is 8. The maximum Gasteiger partial charge on any atom is 0.335 e. The van der Waals surface area contributed by atoms with E-state index >= 15 is 0 Å². The molecule has 1 N–H and O–H groups in total. The summed E-state index contributed by atoms with van der Waals surface area (Å²) in [7, 11) is 0. The molecule has 198 valence electrons. The predicted octanol–water partition coefficient (Wildman–Crippen LogP) is 7.61. The number of carboxylic acids is 1. The minimum Gasteiger partial charge on any atom is -0.489 e. The molecule has 1 atom stereocenters. The van der Waals surface area contributed by atoms with Crippen molar-refractivity contribution in [3.8, 4) is 5.75 Å². The molecule has 0 saturated carbocycles. The van der Waals surface area contributed by atoms with Gasteiger partial charge in [0.05, 0.1) is 12.2 Å². The van der Waals surface area contributed by atoms with Crippen molar-refractivity contribution in [2.24, 2.45) is 0 Å². The van der Waals surface area contributed by atoms with Gasteiger partial charge in [-0.2, -0.15) is 0 Å². The molecule has 1 fully saturated rings. The highest BCUT2D eigenvalue weighted by molar-refractivity contribution is 7.99. The minimum absolute atomic E-state index is 0.108. The summed E-state index contributed by atoms with van der Waals surface area (Å²) in [6, 6.07) is 19.8. The first kappa shape index (κ1) is 26.8. The van der Waals surface area contributed by atoms with Gasteiger partial charge in [0, 0.05) is 35.3 Å². The smallest absolute Gasteiger partial charge is 0.335 e. The summed E-state index contributed by atoms with van der Waals surface area (Å²) in [5.41, 5.74) is 6.85. The van der Waals surface area contributed by atoms with Crippen molar-refractivity contribution in [3.05, 3.63) is 93.5 Å². The Hall–Kier alpha value is -2.80. The molecule has 2 aliphatic heterocycles. The van der Waals surface area contributed by atoms with Gasteiger partial charge >= 0.3 is 5.97 Å². The molecule has 38 heavy (non-hydrogen) atoms. The average Bonchev–Trinajstić information content (AvgIpc) is 3.27. The van der Waals surface area contributed by atoms with Gasteiger partial charge in [0.25, 0.3) is 0 Å². The Morgan fingerprint density at radius 3 is 2.66 bits per heavy atom. The van der Waals surface area contributed by atoms with E-state index in [0.29, 0.717) is 12.0 Å². The fourth-order valence-electron chi connectivity index (χ4n) is 5.26. The van der Waals surface area contributed by atoms with Gasteiger partial charge in [-0.05, 0) is 89.9 Å². The van der Waals surface area contributed by atoms with E-state index in [1.807, 2.05) is 31.2 Å². The zero-order valence-corrected chi connectivity index (χ0v) is 23.0. The first-order valence-electron chi connectivity index (χ1n) is 13.0. The van der Waals surface area contributed by atoms with Crippen LogP contribution in [0.25, 0.3) is 11.1 Å². The van der Waals surface area contributed by atoms with Crippen molar-refractivity contribution < 1.29 is 19.0 Å². The molecule has 0 spiro atoms. The first-order valence-corrected chi connectivity index (χ1v) is 14.3. The van der Waals surface area contributed by atoms with Crippen LogP contribution in [0.1, 0.15) is 51.9 Å². The van der Waals surface area contributed by atoms with Gasteiger partial charge in [-0.25, -0.2) is 4.79 Å². The number of halogens is 2. The van der Waals surface area contributed by atoms with Gasteiger partial charge in [0.15, 0.2) is 0 Å². The second-order valence-electron chi connectivity index (χ2n) is 9.83. The zero-order valence-electron chi connectivity index (χ0n) is 21.4. The Labute approximate surface area is 232 Å².